The van der Waals surface area contributed by atoms with E-state index >= 15 is 0 Å². The zero-order valence-electron chi connectivity index (χ0n) is 10.4. The van der Waals surface area contributed by atoms with Crippen LogP contribution in [0, 0.1) is 12.7 Å². The molecular formula is C15H12FNOS. The average Bonchev–Trinajstić information content (AvgIpc) is 2.78. The average molecular weight is 273 g/mol. The molecule has 1 heterocycles. The van der Waals surface area contributed by atoms with Crippen LogP contribution in [0.15, 0.2) is 42.5 Å². The van der Waals surface area contributed by atoms with Crippen molar-refractivity contribution in [3.8, 4) is 5.75 Å². The van der Waals surface area contributed by atoms with Crippen molar-refractivity contribution < 1.29 is 9.13 Å². The first kappa shape index (κ1) is 12.1. The van der Waals surface area contributed by atoms with Crippen LogP contribution in [-0.2, 0) is 6.61 Å². The van der Waals surface area contributed by atoms with Gasteiger partial charge in [0.15, 0.2) is 0 Å². The van der Waals surface area contributed by atoms with E-state index in [9.17, 15) is 4.39 Å². The predicted octanol–water partition coefficient (Wildman–Crippen LogP) is 4.32. The Labute approximate surface area is 114 Å². The number of ether oxygens (including phenoxy) is 1. The van der Waals surface area contributed by atoms with Gasteiger partial charge in [-0.2, -0.15) is 0 Å². The van der Waals surface area contributed by atoms with E-state index in [1.165, 1.54) is 23.5 Å². The fourth-order valence-electron chi connectivity index (χ4n) is 1.86. The lowest BCUT2D eigenvalue weighted by atomic mass is 10.2. The molecule has 0 atom stereocenters. The molecule has 0 fully saturated rings. The molecule has 19 heavy (non-hydrogen) atoms. The van der Waals surface area contributed by atoms with Crippen molar-refractivity contribution in [2.75, 3.05) is 0 Å². The van der Waals surface area contributed by atoms with Gasteiger partial charge in [-0.05, 0) is 36.8 Å². The molecule has 0 spiro atoms. The number of benzene rings is 2. The largest absolute Gasteiger partial charge is 0.486 e. The Morgan fingerprint density at radius 1 is 1.21 bits per heavy atom. The molecule has 0 amide bonds. The molecule has 0 unspecified atom stereocenters. The van der Waals surface area contributed by atoms with Crippen LogP contribution in [0.25, 0.3) is 10.2 Å². The minimum atomic E-state index is -0.260. The maximum absolute atomic E-state index is 13.1. The van der Waals surface area contributed by atoms with Gasteiger partial charge in [0.25, 0.3) is 0 Å². The van der Waals surface area contributed by atoms with Crippen LogP contribution in [0.1, 0.15) is 10.6 Å². The molecule has 0 N–H and O–H groups in total. The Balaban J connectivity index is 1.78. The zero-order chi connectivity index (χ0) is 13.2. The smallest absolute Gasteiger partial charge is 0.140 e. The van der Waals surface area contributed by atoms with E-state index in [0.29, 0.717) is 12.1 Å². The third-order valence-electron chi connectivity index (χ3n) is 2.75. The van der Waals surface area contributed by atoms with Gasteiger partial charge in [0.2, 0.25) is 0 Å². The van der Waals surface area contributed by atoms with Gasteiger partial charge < -0.3 is 4.74 Å². The topological polar surface area (TPSA) is 22.1 Å². The molecule has 3 rings (SSSR count). The molecular weight excluding hydrogens is 261 g/mol. The first-order valence-electron chi connectivity index (χ1n) is 5.95. The molecule has 1 aromatic heterocycles. The molecule has 2 nitrogen and oxygen atoms in total. The normalized spacial score (nSPS) is 10.8. The van der Waals surface area contributed by atoms with Crippen LogP contribution < -0.4 is 4.74 Å². The monoisotopic (exact) mass is 273 g/mol. The molecule has 0 radical (unpaired) electrons. The quantitative estimate of drug-likeness (QED) is 0.709. The Kier molecular flexibility index (Phi) is 3.17. The van der Waals surface area contributed by atoms with Gasteiger partial charge in [-0.25, -0.2) is 9.37 Å². The number of nitrogens with zero attached hydrogens (tertiary/aromatic N) is 1. The van der Waals surface area contributed by atoms with Gasteiger partial charge in [-0.1, -0.05) is 12.1 Å². The second kappa shape index (κ2) is 4.97. The molecule has 0 aliphatic rings. The molecule has 0 bridgehead atoms. The molecule has 0 saturated carbocycles. The first-order valence-corrected chi connectivity index (χ1v) is 6.77. The van der Waals surface area contributed by atoms with E-state index in [1.807, 2.05) is 31.2 Å². The number of aryl methyl sites for hydroxylation is 1. The number of halogens is 1. The minimum absolute atomic E-state index is 0.260. The van der Waals surface area contributed by atoms with Crippen LogP contribution in [0.3, 0.4) is 0 Å². The van der Waals surface area contributed by atoms with Crippen molar-refractivity contribution in [2.24, 2.45) is 0 Å². The van der Waals surface area contributed by atoms with E-state index in [2.05, 4.69) is 4.98 Å². The van der Waals surface area contributed by atoms with Crippen molar-refractivity contribution in [1.82, 2.24) is 4.98 Å². The van der Waals surface area contributed by atoms with E-state index in [4.69, 9.17) is 4.74 Å². The van der Waals surface area contributed by atoms with E-state index in [0.717, 1.165) is 21.0 Å². The van der Waals surface area contributed by atoms with Crippen molar-refractivity contribution in [3.05, 3.63) is 58.9 Å². The van der Waals surface area contributed by atoms with Gasteiger partial charge >= 0.3 is 0 Å². The van der Waals surface area contributed by atoms with Crippen molar-refractivity contribution in [2.45, 2.75) is 13.5 Å². The van der Waals surface area contributed by atoms with Gasteiger partial charge in [0.1, 0.15) is 23.2 Å². The summed E-state index contributed by atoms with van der Waals surface area (Å²) in [6, 6.07) is 12.5. The summed E-state index contributed by atoms with van der Waals surface area (Å²) in [5, 5.41) is 0.849. The molecule has 96 valence electrons. The second-order valence-corrected chi connectivity index (χ2v) is 5.44. The molecule has 0 aliphatic heterocycles. The number of rotatable bonds is 3. The SMILES string of the molecule is Cc1cccc(OCc2nc3cc(F)ccc3s2)c1. The molecule has 0 aliphatic carbocycles. The Morgan fingerprint density at radius 2 is 2.11 bits per heavy atom. The second-order valence-electron chi connectivity index (χ2n) is 4.32. The summed E-state index contributed by atoms with van der Waals surface area (Å²) in [6.07, 6.45) is 0. The summed E-state index contributed by atoms with van der Waals surface area (Å²) in [4.78, 5) is 4.36. The van der Waals surface area contributed by atoms with E-state index < -0.39 is 0 Å². The summed E-state index contributed by atoms with van der Waals surface area (Å²) < 4.78 is 19.7. The Hall–Kier alpha value is -1.94. The van der Waals surface area contributed by atoms with Crippen molar-refractivity contribution in [1.29, 1.82) is 0 Å². The van der Waals surface area contributed by atoms with Crippen LogP contribution >= 0.6 is 11.3 Å². The summed E-state index contributed by atoms with van der Waals surface area (Å²) in [6.45, 7) is 2.43. The van der Waals surface area contributed by atoms with E-state index in [-0.39, 0.29) is 5.82 Å². The highest BCUT2D eigenvalue weighted by Crippen LogP contribution is 2.24. The first-order chi connectivity index (χ1) is 9.20. The summed E-state index contributed by atoms with van der Waals surface area (Å²) in [5.41, 5.74) is 1.84. The fourth-order valence-corrected chi connectivity index (χ4v) is 2.72. The lowest BCUT2D eigenvalue weighted by Crippen LogP contribution is -1.94. The molecule has 3 aromatic rings. The highest BCUT2D eigenvalue weighted by Gasteiger charge is 2.05. The van der Waals surface area contributed by atoms with Crippen LogP contribution in [0.5, 0.6) is 5.75 Å². The van der Waals surface area contributed by atoms with Crippen molar-refractivity contribution >= 4 is 21.6 Å². The number of hydrogen-bond acceptors (Lipinski definition) is 3. The summed E-state index contributed by atoms with van der Waals surface area (Å²) in [5.74, 6) is 0.564. The molecule has 4 heteroatoms. The lowest BCUT2D eigenvalue weighted by Gasteiger charge is -2.04. The van der Waals surface area contributed by atoms with Crippen LogP contribution in [0.4, 0.5) is 4.39 Å². The minimum Gasteiger partial charge on any atom is -0.486 e. The van der Waals surface area contributed by atoms with Gasteiger partial charge in [0.05, 0.1) is 10.2 Å². The molecule has 2 aromatic carbocycles. The van der Waals surface area contributed by atoms with Crippen LogP contribution in [0.2, 0.25) is 0 Å². The number of fused-ring (bicyclic) bond motifs is 1. The Morgan fingerprint density at radius 3 is 2.95 bits per heavy atom. The fraction of sp³-hybridized carbons (Fsp3) is 0.133. The van der Waals surface area contributed by atoms with Gasteiger partial charge in [-0.3, -0.25) is 0 Å². The summed E-state index contributed by atoms with van der Waals surface area (Å²) in [7, 11) is 0. The van der Waals surface area contributed by atoms with Gasteiger partial charge in [-0.15, -0.1) is 11.3 Å². The van der Waals surface area contributed by atoms with Crippen molar-refractivity contribution in [3.63, 3.8) is 0 Å². The maximum atomic E-state index is 13.1. The van der Waals surface area contributed by atoms with Gasteiger partial charge in [0, 0.05) is 6.07 Å². The lowest BCUT2D eigenvalue weighted by molar-refractivity contribution is 0.305. The van der Waals surface area contributed by atoms with E-state index in [1.54, 1.807) is 6.07 Å². The number of hydrogen-bond donors (Lipinski definition) is 0. The third-order valence-corrected chi connectivity index (χ3v) is 3.76. The highest BCUT2D eigenvalue weighted by atomic mass is 32.1. The standard InChI is InChI=1S/C15H12FNOS/c1-10-3-2-4-12(7-10)18-9-15-17-13-8-11(16)5-6-14(13)19-15/h2-8H,9H2,1H3. The van der Waals surface area contributed by atoms with Crippen LogP contribution in [-0.4, -0.2) is 4.98 Å². The zero-order valence-corrected chi connectivity index (χ0v) is 11.2. The molecule has 0 saturated heterocycles. The summed E-state index contributed by atoms with van der Waals surface area (Å²) >= 11 is 1.53. The number of thiazole rings is 1. The number of aromatic nitrogens is 1. The predicted molar refractivity (Wildman–Crippen MR) is 75.1 cm³/mol. The third kappa shape index (κ3) is 2.74. The maximum Gasteiger partial charge on any atom is 0.140 e. The Bertz CT molecular complexity index is 723. The highest BCUT2D eigenvalue weighted by molar-refractivity contribution is 7.18.